The minimum Gasteiger partial charge on any atom is -0.505 e. The summed E-state index contributed by atoms with van der Waals surface area (Å²) in [6, 6.07) is 1.47. The number of amides is 1. The van der Waals surface area contributed by atoms with Gasteiger partial charge in [-0.25, -0.2) is 4.98 Å². The van der Waals surface area contributed by atoms with Crippen molar-refractivity contribution in [3.05, 3.63) is 35.1 Å². The predicted molar refractivity (Wildman–Crippen MR) is 67.9 cm³/mol. The van der Waals surface area contributed by atoms with Gasteiger partial charge in [0.05, 0.1) is 17.5 Å². The van der Waals surface area contributed by atoms with E-state index in [1.165, 1.54) is 42.6 Å². The van der Waals surface area contributed by atoms with E-state index in [0.29, 0.717) is 11.0 Å². The Morgan fingerprint density at radius 3 is 3.06 bits per heavy atom. The van der Waals surface area contributed by atoms with Crippen LogP contribution in [0.25, 0.3) is 0 Å². The summed E-state index contributed by atoms with van der Waals surface area (Å²) in [4.78, 5) is 20.0. The summed E-state index contributed by atoms with van der Waals surface area (Å²) in [6.07, 6.45) is 5.07. The second kappa shape index (κ2) is 4.38. The molecule has 1 aliphatic carbocycles. The van der Waals surface area contributed by atoms with E-state index in [1.807, 2.05) is 5.38 Å². The van der Waals surface area contributed by atoms with Gasteiger partial charge in [-0.05, 0) is 18.9 Å². The van der Waals surface area contributed by atoms with Gasteiger partial charge in [0.1, 0.15) is 5.75 Å². The van der Waals surface area contributed by atoms with Gasteiger partial charge in [0.15, 0.2) is 5.13 Å². The average molecular weight is 261 g/mol. The molecule has 92 valence electrons. The third-order valence-electron chi connectivity index (χ3n) is 2.78. The molecule has 1 aliphatic rings. The number of hydrogen-bond donors (Lipinski definition) is 2. The van der Waals surface area contributed by atoms with E-state index >= 15 is 0 Å². The van der Waals surface area contributed by atoms with Crippen LogP contribution in [0.5, 0.6) is 5.75 Å². The van der Waals surface area contributed by atoms with Gasteiger partial charge in [-0.3, -0.25) is 15.1 Å². The molecule has 2 heterocycles. The van der Waals surface area contributed by atoms with E-state index in [2.05, 4.69) is 15.3 Å². The number of aromatic nitrogens is 2. The van der Waals surface area contributed by atoms with Gasteiger partial charge in [0.2, 0.25) is 0 Å². The molecule has 0 unspecified atom stereocenters. The van der Waals surface area contributed by atoms with Crippen LogP contribution in [0.3, 0.4) is 0 Å². The van der Waals surface area contributed by atoms with Crippen LogP contribution in [-0.2, 0) is 0 Å². The molecule has 0 aliphatic heterocycles. The summed E-state index contributed by atoms with van der Waals surface area (Å²) in [5, 5.41) is 14.7. The summed E-state index contributed by atoms with van der Waals surface area (Å²) in [6.45, 7) is 0. The Bertz CT molecular complexity index is 593. The number of hydrogen-bond acceptors (Lipinski definition) is 5. The fourth-order valence-corrected chi connectivity index (χ4v) is 2.44. The molecule has 1 amide bonds. The van der Waals surface area contributed by atoms with E-state index in [4.69, 9.17) is 0 Å². The topological polar surface area (TPSA) is 75.1 Å². The molecule has 0 atom stereocenters. The highest BCUT2D eigenvalue weighted by atomic mass is 32.1. The van der Waals surface area contributed by atoms with Gasteiger partial charge >= 0.3 is 0 Å². The maximum atomic E-state index is 11.9. The summed E-state index contributed by atoms with van der Waals surface area (Å²) in [5.74, 6) is 0.0711. The van der Waals surface area contributed by atoms with Crippen LogP contribution in [0.15, 0.2) is 23.8 Å². The first-order valence-electron chi connectivity index (χ1n) is 5.64. The molecule has 0 spiro atoms. The standard InChI is InChI=1S/C12H11N3O2S/c16-10-5-13-4-3-8(10)11(17)15-12-14-9(6-18-12)7-1-2-7/h3-7,16H,1-2H2,(H,14,15,17). The van der Waals surface area contributed by atoms with Gasteiger partial charge in [0.25, 0.3) is 5.91 Å². The highest BCUT2D eigenvalue weighted by Gasteiger charge is 2.26. The summed E-state index contributed by atoms with van der Waals surface area (Å²) in [5.41, 5.74) is 1.25. The van der Waals surface area contributed by atoms with Gasteiger partial charge in [0, 0.05) is 17.5 Å². The maximum absolute atomic E-state index is 11.9. The van der Waals surface area contributed by atoms with Gasteiger partial charge in [-0.1, -0.05) is 0 Å². The summed E-state index contributed by atoms with van der Waals surface area (Å²) >= 11 is 1.41. The molecular formula is C12H11N3O2S. The first kappa shape index (κ1) is 11.2. The highest BCUT2D eigenvalue weighted by molar-refractivity contribution is 7.14. The monoisotopic (exact) mass is 261 g/mol. The number of carbonyl (C=O) groups is 1. The number of nitrogens with one attached hydrogen (secondary N) is 1. The Morgan fingerprint density at radius 2 is 2.33 bits per heavy atom. The fourth-order valence-electron chi connectivity index (χ4n) is 1.65. The molecule has 6 heteroatoms. The maximum Gasteiger partial charge on any atom is 0.261 e. The third-order valence-corrected chi connectivity index (χ3v) is 3.56. The van der Waals surface area contributed by atoms with Crippen molar-refractivity contribution in [3.8, 4) is 5.75 Å². The lowest BCUT2D eigenvalue weighted by atomic mass is 10.2. The van der Waals surface area contributed by atoms with E-state index in [9.17, 15) is 9.90 Å². The third kappa shape index (κ3) is 2.19. The zero-order chi connectivity index (χ0) is 12.5. The van der Waals surface area contributed by atoms with Gasteiger partial charge < -0.3 is 5.11 Å². The molecule has 0 aromatic carbocycles. The fraction of sp³-hybridized carbons (Fsp3) is 0.250. The molecule has 2 N–H and O–H groups in total. The number of pyridine rings is 1. The molecule has 5 nitrogen and oxygen atoms in total. The lowest BCUT2D eigenvalue weighted by molar-refractivity contribution is 0.102. The van der Waals surface area contributed by atoms with Crippen molar-refractivity contribution in [2.45, 2.75) is 18.8 Å². The van der Waals surface area contributed by atoms with Crippen molar-refractivity contribution in [1.82, 2.24) is 9.97 Å². The van der Waals surface area contributed by atoms with Crippen molar-refractivity contribution in [3.63, 3.8) is 0 Å². The van der Waals surface area contributed by atoms with Gasteiger partial charge in [-0.2, -0.15) is 0 Å². The Labute approximate surface area is 108 Å². The van der Waals surface area contributed by atoms with Crippen LogP contribution in [0, 0.1) is 0 Å². The highest BCUT2D eigenvalue weighted by Crippen LogP contribution is 2.40. The minimum absolute atomic E-state index is 0.131. The number of thiazole rings is 1. The predicted octanol–water partition coefficient (Wildman–Crippen LogP) is 2.37. The molecule has 1 fully saturated rings. The van der Waals surface area contributed by atoms with Gasteiger partial charge in [-0.15, -0.1) is 11.3 Å². The summed E-state index contributed by atoms with van der Waals surface area (Å²) < 4.78 is 0. The van der Waals surface area contributed by atoms with Crippen molar-refractivity contribution in [2.24, 2.45) is 0 Å². The van der Waals surface area contributed by atoms with Crippen molar-refractivity contribution in [1.29, 1.82) is 0 Å². The molecule has 3 rings (SSSR count). The second-order valence-corrected chi connectivity index (χ2v) is 5.06. The van der Waals surface area contributed by atoms with Crippen LogP contribution in [0.2, 0.25) is 0 Å². The molecule has 0 bridgehead atoms. The van der Waals surface area contributed by atoms with Crippen LogP contribution in [-0.4, -0.2) is 21.0 Å². The smallest absolute Gasteiger partial charge is 0.261 e. The molecule has 0 saturated heterocycles. The van der Waals surface area contributed by atoms with E-state index < -0.39 is 0 Å². The number of aromatic hydroxyl groups is 1. The zero-order valence-corrected chi connectivity index (χ0v) is 10.3. The first-order chi connectivity index (χ1) is 8.74. The van der Waals surface area contributed by atoms with E-state index in [1.54, 1.807) is 0 Å². The van der Waals surface area contributed by atoms with Crippen LogP contribution in [0.4, 0.5) is 5.13 Å². The Balaban J connectivity index is 1.75. The SMILES string of the molecule is O=C(Nc1nc(C2CC2)cs1)c1ccncc1O. The molecular weight excluding hydrogens is 250 g/mol. The molecule has 1 saturated carbocycles. The van der Waals surface area contributed by atoms with Crippen LogP contribution in [0.1, 0.15) is 34.8 Å². The number of carbonyl (C=O) groups excluding carboxylic acids is 1. The van der Waals surface area contributed by atoms with Crippen molar-refractivity contribution < 1.29 is 9.90 Å². The Kier molecular flexibility index (Phi) is 2.71. The number of rotatable bonds is 3. The van der Waals surface area contributed by atoms with Crippen molar-refractivity contribution in [2.75, 3.05) is 5.32 Å². The number of anilines is 1. The van der Waals surface area contributed by atoms with E-state index in [0.717, 1.165) is 5.69 Å². The Morgan fingerprint density at radius 1 is 1.50 bits per heavy atom. The number of nitrogens with zero attached hydrogens (tertiary/aromatic N) is 2. The molecule has 0 radical (unpaired) electrons. The molecule has 2 aromatic heterocycles. The molecule has 18 heavy (non-hydrogen) atoms. The zero-order valence-electron chi connectivity index (χ0n) is 9.46. The van der Waals surface area contributed by atoms with Crippen molar-refractivity contribution >= 4 is 22.4 Å². The quantitative estimate of drug-likeness (QED) is 0.889. The normalized spacial score (nSPS) is 14.4. The Hall–Kier alpha value is -1.95. The largest absolute Gasteiger partial charge is 0.505 e. The lowest BCUT2D eigenvalue weighted by Gasteiger charge is -2.02. The minimum atomic E-state index is -0.369. The lowest BCUT2D eigenvalue weighted by Crippen LogP contribution is -2.12. The van der Waals surface area contributed by atoms with E-state index in [-0.39, 0.29) is 17.2 Å². The van der Waals surface area contributed by atoms with Crippen LogP contribution < -0.4 is 5.32 Å². The molecule has 2 aromatic rings. The van der Waals surface area contributed by atoms with Crippen LogP contribution >= 0.6 is 11.3 Å². The first-order valence-corrected chi connectivity index (χ1v) is 6.52. The second-order valence-electron chi connectivity index (χ2n) is 4.20. The summed E-state index contributed by atoms with van der Waals surface area (Å²) in [7, 11) is 0. The average Bonchev–Trinajstić information content (AvgIpc) is 3.11.